The van der Waals surface area contributed by atoms with Crippen molar-refractivity contribution in [3.8, 4) is 11.1 Å². The lowest BCUT2D eigenvalue weighted by molar-refractivity contribution is 0.00578. The number of anilines is 12. The van der Waals surface area contributed by atoms with Crippen molar-refractivity contribution < 1.29 is 18.1 Å². The van der Waals surface area contributed by atoms with Crippen molar-refractivity contribution in [3.05, 3.63) is 394 Å². The van der Waals surface area contributed by atoms with E-state index in [1.54, 1.807) is 0 Å². The maximum Gasteiger partial charge on any atom is 0.494 e. The summed E-state index contributed by atoms with van der Waals surface area (Å²) in [5.41, 5.74) is 20.6. The molecule has 114 heavy (non-hydrogen) atoms. The topological polar surface area (TPSA) is 57.7 Å². The highest BCUT2D eigenvalue weighted by atomic mass is 32.1. The van der Waals surface area contributed by atoms with E-state index in [-0.39, 0.29) is 18.3 Å². The molecule has 0 spiro atoms. The van der Waals surface area contributed by atoms with Crippen molar-refractivity contribution in [1.82, 2.24) is 0 Å². The molecule has 16 aromatic carbocycles. The number of hydrogen-bond donors (Lipinski definition) is 0. The number of rotatable bonds is 14. The van der Waals surface area contributed by atoms with Gasteiger partial charge >= 0.3 is 7.12 Å². The average molecular weight is 1510 g/mol. The van der Waals surface area contributed by atoms with E-state index in [1.807, 2.05) is 46.9 Å². The summed E-state index contributed by atoms with van der Waals surface area (Å²) in [6, 6.07) is 137. The second kappa shape index (κ2) is 30.1. The van der Waals surface area contributed by atoms with E-state index in [2.05, 4.69) is 418 Å². The lowest BCUT2D eigenvalue weighted by Gasteiger charge is -2.33. The molecular formula is C103H79BN4O4S2. The average Bonchev–Trinajstić information content (AvgIpc) is 1.33. The van der Waals surface area contributed by atoms with Crippen LogP contribution in [0.1, 0.15) is 33.3 Å². The number of para-hydroxylation sites is 8. The van der Waals surface area contributed by atoms with Crippen molar-refractivity contribution in [2.24, 2.45) is 0 Å². The molecule has 1 aliphatic rings. The fourth-order valence-corrected chi connectivity index (χ4v) is 18.1. The molecule has 1 fully saturated rings. The summed E-state index contributed by atoms with van der Waals surface area (Å²) < 4.78 is 30.0. The third kappa shape index (κ3) is 13.4. The van der Waals surface area contributed by atoms with Crippen LogP contribution in [0, 0.1) is 6.92 Å². The van der Waals surface area contributed by atoms with Crippen molar-refractivity contribution in [2.45, 2.75) is 45.8 Å². The highest BCUT2D eigenvalue weighted by Gasteiger charge is 2.52. The van der Waals surface area contributed by atoms with Gasteiger partial charge < -0.3 is 37.7 Å². The number of furan rings is 2. The standard InChI is InChI=1S/C48H32N2OS.C37H28N2O.C18H19BO2S/c1-4-15-34(16-5-1)49(35-17-6-2-7-18-35)42-23-14-24-43(48(42)33-27-30-47-41(31-33)39-22-11-13-26-46(39)52-47)50(36-19-8-3-9-20-36)37-28-29-45-40(32-37)38-21-10-12-25-44(38)51-45;1-27-34(38(28-14-5-2-6-15-28)29-16-7-3-8-17-29)21-13-22-35(27)39(30-18-9-4-10-19-30)31-24-25-37-33(26-31)32-20-11-12-23-36(32)40-37;1-17(2)18(3,4)21-19(20-17)12-9-10-16-14(11-12)13-7-5-6-8-15(13)22-16/h1-32H;2-26H,1H3;5-11H,1-4H3. The van der Waals surface area contributed by atoms with Crippen LogP contribution in [-0.4, -0.2) is 18.3 Å². The summed E-state index contributed by atoms with van der Waals surface area (Å²) >= 11 is 3.68. The fourth-order valence-electron chi connectivity index (χ4n) is 15.9. The molecule has 1 saturated heterocycles. The first kappa shape index (κ1) is 71.1. The molecule has 0 unspecified atom stereocenters. The van der Waals surface area contributed by atoms with Crippen molar-refractivity contribution >= 4 is 188 Å². The second-order valence-electron chi connectivity index (χ2n) is 29.8. The number of nitrogens with zero attached hydrogens (tertiary/aromatic N) is 4. The normalized spacial score (nSPS) is 13.0. The molecule has 5 heterocycles. The molecule has 4 aromatic heterocycles. The van der Waals surface area contributed by atoms with Crippen LogP contribution in [0.15, 0.2) is 397 Å². The molecule has 0 saturated carbocycles. The Labute approximate surface area is 671 Å². The lowest BCUT2D eigenvalue weighted by Crippen LogP contribution is -2.41. The SMILES string of the molecule is CC1(C)OB(c2ccc3sc4ccccc4c3c2)OC1(C)C.Cc1c(N(c2ccccc2)c2ccccc2)cccc1N(c1ccccc1)c1ccc2oc3ccccc3c2c1.c1ccc(N(c2ccccc2)c2cccc(N(c3ccccc3)c3ccc4oc5ccccc5c4c3)c2-c2ccc3sc4ccccc4c3c2)cc1. The molecular weight excluding hydrogens is 1430 g/mol. The molecule has 8 nitrogen and oxygen atoms in total. The molecule has 0 N–H and O–H groups in total. The minimum Gasteiger partial charge on any atom is -0.456 e. The van der Waals surface area contributed by atoms with Crippen LogP contribution in [0.2, 0.25) is 0 Å². The quantitative estimate of drug-likeness (QED) is 0.0999. The Morgan fingerprint density at radius 1 is 0.246 bits per heavy atom. The fraction of sp³-hybridized carbons (Fsp3) is 0.0680. The van der Waals surface area contributed by atoms with E-state index in [9.17, 15) is 0 Å². The Morgan fingerprint density at radius 3 is 0.982 bits per heavy atom. The van der Waals surface area contributed by atoms with Gasteiger partial charge in [0.1, 0.15) is 22.3 Å². The van der Waals surface area contributed by atoms with E-state index in [4.69, 9.17) is 18.1 Å². The number of hydrogen-bond acceptors (Lipinski definition) is 10. The largest absolute Gasteiger partial charge is 0.494 e. The summed E-state index contributed by atoms with van der Waals surface area (Å²) in [5, 5.41) is 9.57. The molecule has 20 aromatic rings. The van der Waals surface area contributed by atoms with Gasteiger partial charge in [-0.2, -0.15) is 0 Å². The highest BCUT2D eigenvalue weighted by Crippen LogP contribution is 2.52. The van der Waals surface area contributed by atoms with Gasteiger partial charge in [0.25, 0.3) is 0 Å². The van der Waals surface area contributed by atoms with E-state index < -0.39 is 0 Å². The molecule has 0 bridgehead atoms. The van der Waals surface area contributed by atoms with Gasteiger partial charge in [-0.05, 0) is 233 Å². The zero-order valence-corrected chi connectivity index (χ0v) is 65.4. The first-order chi connectivity index (χ1) is 55.9. The van der Waals surface area contributed by atoms with Gasteiger partial charge in [-0.3, -0.25) is 0 Å². The molecule has 0 radical (unpaired) electrons. The van der Waals surface area contributed by atoms with Crippen LogP contribution in [0.25, 0.3) is 95.3 Å². The van der Waals surface area contributed by atoms with Crippen LogP contribution in [0.4, 0.5) is 68.2 Å². The zero-order valence-electron chi connectivity index (χ0n) is 63.8. The molecule has 11 heteroatoms. The van der Waals surface area contributed by atoms with Crippen LogP contribution in [-0.2, 0) is 9.31 Å². The summed E-state index contributed by atoms with van der Waals surface area (Å²) in [6.07, 6.45) is 0. The summed E-state index contributed by atoms with van der Waals surface area (Å²) in [7, 11) is -0.298. The van der Waals surface area contributed by atoms with Gasteiger partial charge in [-0.15, -0.1) is 22.7 Å². The van der Waals surface area contributed by atoms with Gasteiger partial charge in [0.05, 0.1) is 34.0 Å². The van der Waals surface area contributed by atoms with Crippen molar-refractivity contribution in [2.75, 3.05) is 19.6 Å². The second-order valence-corrected chi connectivity index (χ2v) is 31.9. The third-order valence-corrected chi connectivity index (χ3v) is 24.5. The molecule has 21 rings (SSSR count). The Morgan fingerprint density at radius 2 is 0.561 bits per heavy atom. The first-order valence-electron chi connectivity index (χ1n) is 38.7. The van der Waals surface area contributed by atoms with Crippen LogP contribution < -0.4 is 25.1 Å². The predicted molar refractivity (Wildman–Crippen MR) is 484 cm³/mol. The number of fused-ring (bicyclic) bond motifs is 12. The summed E-state index contributed by atoms with van der Waals surface area (Å²) in [4.78, 5) is 9.44. The van der Waals surface area contributed by atoms with E-state index in [0.29, 0.717) is 0 Å². The molecule has 550 valence electrons. The highest BCUT2D eigenvalue weighted by molar-refractivity contribution is 7.26. The predicted octanol–water partition coefficient (Wildman–Crippen LogP) is 29.7. The minimum absolute atomic E-state index is 0.298. The van der Waals surface area contributed by atoms with Gasteiger partial charge in [0.2, 0.25) is 0 Å². The van der Waals surface area contributed by atoms with Crippen LogP contribution in [0.3, 0.4) is 0 Å². The molecule has 0 amide bonds. The summed E-state index contributed by atoms with van der Waals surface area (Å²) in [5.74, 6) is 0. The first-order valence-corrected chi connectivity index (χ1v) is 40.3. The third-order valence-electron chi connectivity index (χ3n) is 22.2. The minimum atomic E-state index is -0.302. The Balaban J connectivity index is 0.000000124. The summed E-state index contributed by atoms with van der Waals surface area (Å²) in [6.45, 7) is 10.6. The Kier molecular flexibility index (Phi) is 18.8. The maximum atomic E-state index is 6.28. The monoisotopic (exact) mass is 1510 g/mol. The molecule has 1 aliphatic heterocycles. The van der Waals surface area contributed by atoms with Gasteiger partial charge in [-0.1, -0.05) is 212 Å². The van der Waals surface area contributed by atoms with Gasteiger partial charge in [0, 0.05) is 108 Å². The number of benzene rings is 16. The van der Waals surface area contributed by atoms with Crippen LogP contribution in [0.5, 0.6) is 0 Å². The van der Waals surface area contributed by atoms with E-state index >= 15 is 0 Å². The van der Waals surface area contributed by atoms with Gasteiger partial charge in [-0.25, -0.2) is 0 Å². The zero-order chi connectivity index (χ0) is 76.9. The van der Waals surface area contributed by atoms with Gasteiger partial charge in [0.15, 0.2) is 0 Å². The molecule has 0 aliphatic carbocycles. The van der Waals surface area contributed by atoms with Crippen LogP contribution >= 0.6 is 22.7 Å². The number of thiophene rings is 2. The Bertz CT molecular complexity index is 6770. The Hall–Kier alpha value is -13.3. The van der Waals surface area contributed by atoms with E-state index in [0.717, 1.165) is 129 Å². The maximum absolute atomic E-state index is 6.28. The molecule has 0 atom stereocenters. The van der Waals surface area contributed by atoms with E-state index in [1.165, 1.54) is 45.9 Å². The van der Waals surface area contributed by atoms with Crippen molar-refractivity contribution in [3.63, 3.8) is 0 Å². The lowest BCUT2D eigenvalue weighted by atomic mass is 9.78. The van der Waals surface area contributed by atoms with Crippen molar-refractivity contribution in [1.29, 1.82) is 0 Å². The smallest absolute Gasteiger partial charge is 0.456 e.